The molecule has 1 unspecified atom stereocenters. The van der Waals surface area contributed by atoms with Crippen LogP contribution in [0.3, 0.4) is 0 Å². The van der Waals surface area contributed by atoms with Gasteiger partial charge in [0.1, 0.15) is 0 Å². The molecule has 1 heterocycles. The lowest BCUT2D eigenvalue weighted by Crippen LogP contribution is -2.44. The first-order valence-corrected chi connectivity index (χ1v) is 6.53. The number of rotatable bonds is 5. The highest BCUT2D eigenvalue weighted by Crippen LogP contribution is 2.24. The van der Waals surface area contributed by atoms with Gasteiger partial charge in [-0.2, -0.15) is 0 Å². The van der Waals surface area contributed by atoms with E-state index in [0.29, 0.717) is 11.0 Å². The van der Waals surface area contributed by atoms with E-state index in [0.717, 1.165) is 25.9 Å². The summed E-state index contributed by atoms with van der Waals surface area (Å²) in [5, 5.41) is 9.31. The molecule has 0 spiro atoms. The van der Waals surface area contributed by atoms with Crippen molar-refractivity contribution in [2.45, 2.75) is 45.6 Å². The van der Waals surface area contributed by atoms with Crippen LogP contribution in [0.1, 0.15) is 39.5 Å². The van der Waals surface area contributed by atoms with Crippen molar-refractivity contribution in [3.05, 3.63) is 0 Å². The lowest BCUT2D eigenvalue weighted by atomic mass is 9.88. The van der Waals surface area contributed by atoms with Crippen LogP contribution in [0.15, 0.2) is 0 Å². The largest absolute Gasteiger partial charge is 0.395 e. The van der Waals surface area contributed by atoms with Crippen molar-refractivity contribution in [2.24, 2.45) is 11.1 Å². The van der Waals surface area contributed by atoms with E-state index in [1.54, 1.807) is 0 Å². The Kier molecular flexibility index (Phi) is 5.15. The molecule has 1 aliphatic heterocycles. The molecule has 1 atom stereocenters. The molecular formula is C12H24N2OS. The number of nitrogens with zero attached hydrogens (tertiary/aromatic N) is 1. The minimum absolute atomic E-state index is 0.0766. The van der Waals surface area contributed by atoms with Crippen molar-refractivity contribution in [2.75, 3.05) is 19.7 Å². The van der Waals surface area contributed by atoms with Gasteiger partial charge in [-0.1, -0.05) is 32.5 Å². The second kappa shape index (κ2) is 5.94. The van der Waals surface area contributed by atoms with E-state index < -0.39 is 0 Å². The molecule has 3 N–H and O–H groups in total. The molecule has 0 aromatic carbocycles. The monoisotopic (exact) mass is 244 g/mol. The minimum Gasteiger partial charge on any atom is -0.395 e. The molecule has 3 nitrogen and oxygen atoms in total. The van der Waals surface area contributed by atoms with Gasteiger partial charge < -0.3 is 10.8 Å². The molecule has 1 aliphatic rings. The fraction of sp³-hybridized carbons (Fsp3) is 0.917. The number of thiocarbonyl (C=S) groups is 1. The zero-order valence-electron chi connectivity index (χ0n) is 10.4. The highest BCUT2D eigenvalue weighted by atomic mass is 32.1. The van der Waals surface area contributed by atoms with Crippen molar-refractivity contribution < 1.29 is 5.11 Å². The van der Waals surface area contributed by atoms with Gasteiger partial charge in [0.2, 0.25) is 0 Å². The van der Waals surface area contributed by atoms with E-state index in [-0.39, 0.29) is 12.0 Å². The average Bonchev–Trinajstić information content (AvgIpc) is 2.26. The molecule has 1 saturated heterocycles. The Morgan fingerprint density at radius 1 is 1.50 bits per heavy atom. The first-order chi connectivity index (χ1) is 7.47. The summed E-state index contributed by atoms with van der Waals surface area (Å²) in [6.45, 7) is 6.53. The highest BCUT2D eigenvalue weighted by Gasteiger charge is 2.26. The highest BCUT2D eigenvalue weighted by molar-refractivity contribution is 7.80. The molecule has 1 rings (SSSR count). The molecule has 0 radical (unpaired) electrons. The summed E-state index contributed by atoms with van der Waals surface area (Å²) in [7, 11) is 0. The van der Waals surface area contributed by atoms with Crippen LogP contribution in [0.4, 0.5) is 0 Å². The lowest BCUT2D eigenvalue weighted by molar-refractivity contribution is 0.0837. The van der Waals surface area contributed by atoms with Gasteiger partial charge in [0.05, 0.1) is 11.6 Å². The summed E-state index contributed by atoms with van der Waals surface area (Å²) < 4.78 is 0. The van der Waals surface area contributed by atoms with Gasteiger partial charge >= 0.3 is 0 Å². The third kappa shape index (κ3) is 3.68. The summed E-state index contributed by atoms with van der Waals surface area (Å²) in [6, 6.07) is 0.343. The number of nitrogens with two attached hydrogens (primary N) is 1. The Bertz CT molecular complexity index is 243. The molecular weight excluding hydrogens is 220 g/mol. The van der Waals surface area contributed by atoms with Gasteiger partial charge in [0.15, 0.2) is 0 Å². The second-order valence-electron chi connectivity index (χ2n) is 5.37. The summed E-state index contributed by atoms with van der Waals surface area (Å²) in [6.07, 6.45) is 4.56. The maximum absolute atomic E-state index is 9.31. The van der Waals surface area contributed by atoms with Gasteiger partial charge in [-0.25, -0.2) is 0 Å². The van der Waals surface area contributed by atoms with Crippen LogP contribution >= 0.6 is 12.2 Å². The van der Waals surface area contributed by atoms with E-state index in [2.05, 4.69) is 18.7 Å². The van der Waals surface area contributed by atoms with E-state index in [1.807, 2.05) is 0 Å². The Labute approximate surface area is 104 Å². The molecule has 16 heavy (non-hydrogen) atoms. The molecule has 0 amide bonds. The number of aliphatic hydroxyl groups is 1. The zero-order valence-corrected chi connectivity index (χ0v) is 11.2. The van der Waals surface area contributed by atoms with E-state index in [1.165, 1.54) is 12.8 Å². The molecule has 94 valence electrons. The maximum atomic E-state index is 9.31. The molecule has 1 fully saturated rings. The molecule has 0 aromatic rings. The molecule has 0 aliphatic carbocycles. The Balaban J connectivity index is 2.43. The van der Waals surface area contributed by atoms with Crippen LogP contribution in [0.25, 0.3) is 0 Å². The van der Waals surface area contributed by atoms with Crippen molar-refractivity contribution in [3.8, 4) is 0 Å². The number of hydrogen-bond acceptors (Lipinski definition) is 3. The molecule has 0 aromatic heterocycles. The lowest BCUT2D eigenvalue weighted by Gasteiger charge is -2.36. The predicted octanol–water partition coefficient (Wildman–Crippen LogP) is 1.54. The maximum Gasteiger partial charge on any atom is 0.0784 e. The molecule has 0 bridgehead atoms. The standard InChI is InChI=1S/C12H24N2OS/c1-12(2,11(13)16)6-8-14-7-4-3-5-10(14)9-15/h10,15H,3-9H2,1-2H3,(H2,13,16). The van der Waals surface area contributed by atoms with Gasteiger partial charge in [-0.05, 0) is 32.4 Å². The van der Waals surface area contributed by atoms with Crippen LogP contribution in [0, 0.1) is 5.41 Å². The van der Waals surface area contributed by atoms with Gasteiger partial charge in [-0.15, -0.1) is 0 Å². The normalized spacial score (nSPS) is 23.3. The number of aliphatic hydroxyl groups excluding tert-OH is 1. The topological polar surface area (TPSA) is 49.5 Å². The Hall–Kier alpha value is -0.190. The van der Waals surface area contributed by atoms with E-state index in [9.17, 15) is 5.11 Å². The van der Waals surface area contributed by atoms with Crippen molar-refractivity contribution in [1.29, 1.82) is 0 Å². The summed E-state index contributed by atoms with van der Waals surface area (Å²) >= 11 is 5.07. The van der Waals surface area contributed by atoms with Crippen LogP contribution in [0.2, 0.25) is 0 Å². The Morgan fingerprint density at radius 2 is 2.19 bits per heavy atom. The third-order valence-corrected chi connectivity index (χ3v) is 4.20. The van der Waals surface area contributed by atoms with Crippen LogP contribution in [-0.4, -0.2) is 40.7 Å². The quantitative estimate of drug-likeness (QED) is 0.720. The second-order valence-corrected chi connectivity index (χ2v) is 5.81. The van der Waals surface area contributed by atoms with Gasteiger partial charge in [-0.3, -0.25) is 4.90 Å². The van der Waals surface area contributed by atoms with Gasteiger partial charge in [0.25, 0.3) is 0 Å². The fourth-order valence-corrected chi connectivity index (χ4v) is 2.21. The first-order valence-electron chi connectivity index (χ1n) is 6.12. The molecule has 0 saturated carbocycles. The van der Waals surface area contributed by atoms with Crippen LogP contribution < -0.4 is 5.73 Å². The summed E-state index contributed by atoms with van der Waals surface area (Å²) in [5.41, 5.74) is 5.64. The predicted molar refractivity (Wildman–Crippen MR) is 71.5 cm³/mol. The van der Waals surface area contributed by atoms with Crippen LogP contribution in [-0.2, 0) is 0 Å². The fourth-order valence-electron chi connectivity index (χ4n) is 2.11. The molecule has 4 heteroatoms. The smallest absolute Gasteiger partial charge is 0.0784 e. The summed E-state index contributed by atoms with van der Waals surface area (Å²) in [5.74, 6) is 0. The SMILES string of the molecule is CC(C)(CCN1CCCCC1CO)C(N)=S. The van der Waals surface area contributed by atoms with E-state index in [4.69, 9.17) is 18.0 Å². The van der Waals surface area contributed by atoms with Crippen molar-refractivity contribution in [3.63, 3.8) is 0 Å². The van der Waals surface area contributed by atoms with Crippen LogP contribution in [0.5, 0.6) is 0 Å². The van der Waals surface area contributed by atoms with E-state index >= 15 is 0 Å². The number of hydrogen-bond donors (Lipinski definition) is 2. The minimum atomic E-state index is -0.0766. The zero-order chi connectivity index (χ0) is 12.2. The van der Waals surface area contributed by atoms with Gasteiger partial charge in [0, 0.05) is 11.5 Å². The third-order valence-electron chi connectivity index (χ3n) is 3.65. The van der Waals surface area contributed by atoms with Crippen molar-refractivity contribution >= 4 is 17.2 Å². The Morgan fingerprint density at radius 3 is 2.75 bits per heavy atom. The number of likely N-dealkylation sites (tertiary alicyclic amines) is 1. The first kappa shape index (κ1) is 13.9. The van der Waals surface area contributed by atoms with Crippen molar-refractivity contribution in [1.82, 2.24) is 4.90 Å². The number of piperidine rings is 1. The average molecular weight is 244 g/mol. The summed E-state index contributed by atoms with van der Waals surface area (Å²) in [4.78, 5) is 2.97.